The van der Waals surface area contributed by atoms with E-state index in [0.29, 0.717) is 5.02 Å². The average molecular weight is 374 g/mol. The maximum Gasteiger partial charge on any atom is 0.271 e. The summed E-state index contributed by atoms with van der Waals surface area (Å²) in [6.45, 7) is 4.06. The van der Waals surface area contributed by atoms with Gasteiger partial charge in [0.15, 0.2) is 0 Å². The van der Waals surface area contributed by atoms with Crippen molar-refractivity contribution >= 4 is 23.0 Å². The molecule has 2 fully saturated rings. The van der Waals surface area contributed by atoms with E-state index in [2.05, 4.69) is 34.1 Å². The molecule has 2 unspecified atom stereocenters. The molecule has 2 aromatic rings. The second-order valence-corrected chi connectivity index (χ2v) is 7.14. The zero-order chi connectivity index (χ0) is 18.1. The Morgan fingerprint density at radius 1 is 1.19 bits per heavy atom. The number of benzene rings is 2. The highest BCUT2D eigenvalue weighted by Gasteiger charge is 2.40. The minimum atomic E-state index is -0.426. The minimum absolute atomic E-state index is 0.0114. The lowest BCUT2D eigenvalue weighted by molar-refractivity contribution is -0.384. The summed E-state index contributed by atoms with van der Waals surface area (Å²) in [5.74, 6) is 0. The first-order valence-corrected chi connectivity index (χ1v) is 9.08. The fourth-order valence-corrected chi connectivity index (χ4v) is 4.13. The molecule has 2 heterocycles. The number of non-ortho nitro benzene ring substituents is 1. The fraction of sp³-hybridized carbons (Fsp3) is 0.368. The molecule has 0 radical (unpaired) electrons. The molecule has 0 spiro atoms. The Morgan fingerprint density at radius 3 is 2.73 bits per heavy atom. The van der Waals surface area contributed by atoms with Crippen molar-refractivity contribution in [1.29, 1.82) is 0 Å². The van der Waals surface area contributed by atoms with Gasteiger partial charge in [-0.1, -0.05) is 41.9 Å². The maximum absolute atomic E-state index is 10.9. The summed E-state index contributed by atoms with van der Waals surface area (Å²) < 4.78 is 5.99. The minimum Gasteiger partial charge on any atom is -0.373 e. The SMILES string of the molecule is O=[N+]([O-])c1ccc(N2CC3OCCN(Cc4ccccc4)C3C2)c(Cl)c1. The van der Waals surface area contributed by atoms with Crippen LogP contribution in [0.3, 0.4) is 0 Å². The molecule has 2 saturated heterocycles. The van der Waals surface area contributed by atoms with Crippen LogP contribution in [-0.4, -0.2) is 48.2 Å². The number of rotatable bonds is 4. The molecule has 7 heteroatoms. The third-order valence-corrected chi connectivity index (χ3v) is 5.43. The van der Waals surface area contributed by atoms with Crippen LogP contribution in [0.1, 0.15) is 5.56 Å². The highest BCUT2D eigenvalue weighted by molar-refractivity contribution is 6.33. The van der Waals surface area contributed by atoms with Crippen LogP contribution in [0.4, 0.5) is 11.4 Å². The van der Waals surface area contributed by atoms with E-state index in [1.54, 1.807) is 6.07 Å². The number of nitro groups is 1. The van der Waals surface area contributed by atoms with Gasteiger partial charge in [0.2, 0.25) is 0 Å². The zero-order valence-corrected chi connectivity index (χ0v) is 15.0. The van der Waals surface area contributed by atoms with Gasteiger partial charge in [-0.2, -0.15) is 0 Å². The standard InChI is InChI=1S/C19H20ClN3O3/c20-16-10-15(23(24)25)6-7-17(16)22-12-18-19(13-22)26-9-8-21(18)11-14-4-2-1-3-5-14/h1-7,10,18-19H,8-9,11-13H2. The summed E-state index contributed by atoms with van der Waals surface area (Å²) in [6.07, 6.45) is 0.124. The molecule has 0 saturated carbocycles. The van der Waals surface area contributed by atoms with Crippen molar-refractivity contribution in [2.45, 2.75) is 18.7 Å². The summed E-state index contributed by atoms with van der Waals surface area (Å²) in [5, 5.41) is 11.3. The molecule has 2 aliphatic heterocycles. The van der Waals surface area contributed by atoms with Crippen molar-refractivity contribution in [3.05, 3.63) is 69.2 Å². The number of nitrogens with zero attached hydrogens (tertiary/aromatic N) is 3. The van der Waals surface area contributed by atoms with Crippen LogP contribution in [0.15, 0.2) is 48.5 Å². The number of halogens is 1. The van der Waals surface area contributed by atoms with Crippen molar-refractivity contribution in [3.8, 4) is 0 Å². The van der Waals surface area contributed by atoms with Crippen molar-refractivity contribution in [2.24, 2.45) is 0 Å². The lowest BCUT2D eigenvalue weighted by Gasteiger charge is -2.36. The summed E-state index contributed by atoms with van der Waals surface area (Å²) in [6, 6.07) is 15.4. The summed E-state index contributed by atoms with van der Waals surface area (Å²) in [7, 11) is 0. The molecule has 0 bridgehead atoms. The molecule has 0 aliphatic carbocycles. The van der Waals surface area contributed by atoms with Gasteiger partial charge in [0, 0.05) is 38.3 Å². The van der Waals surface area contributed by atoms with Crippen LogP contribution < -0.4 is 4.90 Å². The van der Waals surface area contributed by atoms with Gasteiger partial charge in [-0.15, -0.1) is 0 Å². The van der Waals surface area contributed by atoms with E-state index in [0.717, 1.165) is 38.5 Å². The van der Waals surface area contributed by atoms with Crippen LogP contribution in [0.25, 0.3) is 0 Å². The first-order valence-electron chi connectivity index (χ1n) is 8.70. The van der Waals surface area contributed by atoms with E-state index in [-0.39, 0.29) is 17.8 Å². The van der Waals surface area contributed by atoms with Gasteiger partial charge < -0.3 is 9.64 Å². The van der Waals surface area contributed by atoms with E-state index < -0.39 is 4.92 Å². The van der Waals surface area contributed by atoms with E-state index in [4.69, 9.17) is 16.3 Å². The summed E-state index contributed by atoms with van der Waals surface area (Å²) >= 11 is 6.32. The van der Waals surface area contributed by atoms with E-state index in [1.807, 2.05) is 6.07 Å². The predicted octanol–water partition coefficient (Wildman–Crippen LogP) is 3.34. The highest BCUT2D eigenvalue weighted by Crippen LogP contribution is 2.34. The normalized spacial score (nSPS) is 23.0. The zero-order valence-electron chi connectivity index (χ0n) is 14.3. The second-order valence-electron chi connectivity index (χ2n) is 6.73. The predicted molar refractivity (Wildman–Crippen MR) is 101 cm³/mol. The Morgan fingerprint density at radius 2 is 2.00 bits per heavy atom. The van der Waals surface area contributed by atoms with Gasteiger partial charge >= 0.3 is 0 Å². The molecule has 136 valence electrons. The van der Waals surface area contributed by atoms with Crippen LogP contribution >= 0.6 is 11.6 Å². The number of fused-ring (bicyclic) bond motifs is 1. The fourth-order valence-electron chi connectivity index (χ4n) is 3.84. The first kappa shape index (κ1) is 17.3. The van der Waals surface area contributed by atoms with Gasteiger partial charge in [-0.3, -0.25) is 15.0 Å². The van der Waals surface area contributed by atoms with Gasteiger partial charge in [0.1, 0.15) is 0 Å². The molecule has 2 aliphatic rings. The van der Waals surface area contributed by atoms with Crippen molar-refractivity contribution in [3.63, 3.8) is 0 Å². The lowest BCUT2D eigenvalue weighted by Crippen LogP contribution is -2.50. The van der Waals surface area contributed by atoms with Crippen LogP contribution in [-0.2, 0) is 11.3 Å². The topological polar surface area (TPSA) is 58.9 Å². The molecule has 0 N–H and O–H groups in total. The lowest BCUT2D eigenvalue weighted by atomic mass is 10.1. The Labute approximate surface area is 157 Å². The molecular weight excluding hydrogens is 354 g/mol. The van der Waals surface area contributed by atoms with Crippen molar-refractivity contribution < 1.29 is 9.66 Å². The molecule has 2 aromatic carbocycles. The Bertz CT molecular complexity index is 802. The summed E-state index contributed by atoms with van der Waals surface area (Å²) in [4.78, 5) is 15.1. The van der Waals surface area contributed by atoms with E-state index in [1.165, 1.54) is 17.7 Å². The van der Waals surface area contributed by atoms with E-state index in [9.17, 15) is 10.1 Å². The number of hydrogen-bond acceptors (Lipinski definition) is 5. The molecule has 0 aromatic heterocycles. The van der Waals surface area contributed by atoms with Crippen LogP contribution in [0.2, 0.25) is 5.02 Å². The van der Waals surface area contributed by atoms with Crippen molar-refractivity contribution in [1.82, 2.24) is 4.90 Å². The average Bonchev–Trinajstić information content (AvgIpc) is 3.07. The summed E-state index contributed by atoms with van der Waals surface area (Å²) in [5.41, 5.74) is 2.13. The molecule has 4 rings (SSSR count). The van der Waals surface area contributed by atoms with Crippen LogP contribution in [0, 0.1) is 10.1 Å². The molecule has 6 nitrogen and oxygen atoms in total. The highest BCUT2D eigenvalue weighted by atomic mass is 35.5. The monoisotopic (exact) mass is 373 g/mol. The molecule has 0 amide bonds. The number of hydrogen-bond donors (Lipinski definition) is 0. The first-order chi connectivity index (χ1) is 12.6. The van der Waals surface area contributed by atoms with Gasteiger partial charge in [0.05, 0.1) is 34.4 Å². The Hall–Kier alpha value is -2.15. The largest absolute Gasteiger partial charge is 0.373 e. The third-order valence-electron chi connectivity index (χ3n) is 5.13. The smallest absolute Gasteiger partial charge is 0.271 e. The number of nitro benzene ring substituents is 1. The number of morpholine rings is 1. The molecule has 26 heavy (non-hydrogen) atoms. The van der Waals surface area contributed by atoms with Crippen molar-refractivity contribution in [2.75, 3.05) is 31.1 Å². The number of anilines is 1. The maximum atomic E-state index is 10.9. The van der Waals surface area contributed by atoms with Gasteiger partial charge in [-0.05, 0) is 11.6 Å². The Kier molecular flexibility index (Phi) is 4.80. The second kappa shape index (κ2) is 7.23. The molecular formula is C19H20ClN3O3. The Balaban J connectivity index is 1.51. The van der Waals surface area contributed by atoms with Gasteiger partial charge in [-0.25, -0.2) is 0 Å². The van der Waals surface area contributed by atoms with E-state index >= 15 is 0 Å². The van der Waals surface area contributed by atoms with Crippen LogP contribution in [0.5, 0.6) is 0 Å². The molecule has 2 atom stereocenters. The third kappa shape index (κ3) is 3.40. The number of ether oxygens (including phenoxy) is 1. The quantitative estimate of drug-likeness (QED) is 0.607. The van der Waals surface area contributed by atoms with Gasteiger partial charge in [0.25, 0.3) is 5.69 Å².